The van der Waals surface area contributed by atoms with E-state index in [1.807, 2.05) is 0 Å². The Labute approximate surface area is 198 Å². The number of benzene rings is 1. The number of nitrogens with zero attached hydrogens (tertiary/aromatic N) is 3. The Morgan fingerprint density at radius 2 is 1.55 bits per heavy atom. The van der Waals surface area contributed by atoms with Crippen molar-refractivity contribution in [1.82, 2.24) is 15.4 Å². The largest absolute Gasteiger partial charge is 0.368 e. The number of hydrogen-bond donors (Lipinski definition) is 2. The van der Waals surface area contributed by atoms with Crippen LogP contribution >= 0.6 is 12.4 Å². The fourth-order valence-corrected chi connectivity index (χ4v) is 3.83. The second-order valence-electron chi connectivity index (χ2n) is 7.21. The summed E-state index contributed by atoms with van der Waals surface area (Å²) in [5.74, 6) is -0.784. The van der Waals surface area contributed by atoms with E-state index in [-0.39, 0.29) is 23.2 Å². The molecular weight excluding hydrogens is 468 g/mol. The molecule has 33 heavy (non-hydrogen) atoms. The summed E-state index contributed by atoms with van der Waals surface area (Å²) in [6.45, 7) is 2.37. The number of nitrogens with one attached hydrogen (secondary N) is 1. The molecule has 3 rings (SSSR count). The number of piperazine rings is 1. The van der Waals surface area contributed by atoms with Gasteiger partial charge in [-0.2, -0.15) is 0 Å². The Morgan fingerprint density at radius 3 is 2.09 bits per heavy atom. The molecule has 0 spiro atoms. The van der Waals surface area contributed by atoms with E-state index in [1.54, 1.807) is 53.4 Å². The van der Waals surface area contributed by atoms with Crippen LogP contribution in [-0.4, -0.2) is 67.8 Å². The molecule has 0 aliphatic carbocycles. The highest BCUT2D eigenvalue weighted by molar-refractivity contribution is 7.90. The maximum absolute atomic E-state index is 12.5. The summed E-state index contributed by atoms with van der Waals surface area (Å²) in [6.07, 6.45) is 6.86. The maximum atomic E-state index is 12.5. The molecule has 0 radical (unpaired) electrons. The normalized spacial score (nSPS) is 14.4. The SMILES string of the molecule is CS(=O)(=O)c1ccc(N2CCN(C(=O)/C=C/c3cccc(/C=C/C(=O)NO)n3)CC2)cc1.Cl. The predicted molar refractivity (Wildman–Crippen MR) is 128 cm³/mol. The number of carbonyl (C=O) groups is 2. The smallest absolute Gasteiger partial charge is 0.267 e. The van der Waals surface area contributed by atoms with Crippen LogP contribution in [-0.2, 0) is 19.4 Å². The van der Waals surface area contributed by atoms with E-state index in [4.69, 9.17) is 5.21 Å². The summed E-state index contributed by atoms with van der Waals surface area (Å²) in [6, 6.07) is 11.9. The second kappa shape index (κ2) is 11.6. The van der Waals surface area contributed by atoms with Crippen LogP contribution in [0, 0.1) is 0 Å². The molecule has 1 fully saturated rings. The highest BCUT2D eigenvalue weighted by atomic mass is 35.5. The van der Waals surface area contributed by atoms with Crippen molar-refractivity contribution in [2.75, 3.05) is 37.3 Å². The van der Waals surface area contributed by atoms with E-state index in [2.05, 4.69) is 9.88 Å². The first kappa shape index (κ1) is 26.0. The molecule has 0 bridgehead atoms. The molecule has 1 aliphatic heterocycles. The van der Waals surface area contributed by atoms with Crippen LogP contribution in [0.3, 0.4) is 0 Å². The molecule has 11 heteroatoms. The standard InChI is InChI=1S/C22H24N4O5S.ClH/c1-32(30,31)20-9-7-19(8-10-20)25-13-15-26(16-14-25)22(28)12-6-18-4-2-3-17(23-18)5-11-21(27)24-29;/h2-12,29H,13-16H2,1H3,(H,24,27);1H/b11-5+,12-6+;. The summed E-state index contributed by atoms with van der Waals surface area (Å²) in [5, 5.41) is 8.51. The number of sulfone groups is 1. The maximum Gasteiger partial charge on any atom is 0.267 e. The third kappa shape index (κ3) is 7.41. The summed E-state index contributed by atoms with van der Waals surface area (Å²) < 4.78 is 23.2. The highest BCUT2D eigenvalue weighted by Crippen LogP contribution is 2.19. The Balaban J connectivity index is 0.00000385. The lowest BCUT2D eigenvalue weighted by Crippen LogP contribution is -2.48. The van der Waals surface area contributed by atoms with Gasteiger partial charge in [0.1, 0.15) is 0 Å². The van der Waals surface area contributed by atoms with Gasteiger partial charge in [0.15, 0.2) is 9.84 Å². The summed E-state index contributed by atoms with van der Waals surface area (Å²) in [5.41, 5.74) is 3.50. The monoisotopic (exact) mass is 492 g/mol. The van der Waals surface area contributed by atoms with Gasteiger partial charge in [-0.1, -0.05) is 6.07 Å². The van der Waals surface area contributed by atoms with E-state index in [1.165, 1.54) is 23.9 Å². The molecule has 176 valence electrons. The summed E-state index contributed by atoms with van der Waals surface area (Å²) >= 11 is 0. The van der Waals surface area contributed by atoms with Gasteiger partial charge in [-0.3, -0.25) is 14.8 Å². The average Bonchev–Trinajstić information content (AvgIpc) is 2.81. The van der Waals surface area contributed by atoms with Crippen LogP contribution in [0.5, 0.6) is 0 Å². The van der Waals surface area contributed by atoms with Crippen LogP contribution < -0.4 is 10.4 Å². The topological polar surface area (TPSA) is 120 Å². The van der Waals surface area contributed by atoms with Gasteiger partial charge in [-0.15, -0.1) is 12.4 Å². The number of carbonyl (C=O) groups excluding carboxylic acids is 2. The summed E-state index contributed by atoms with van der Waals surface area (Å²) in [7, 11) is -3.23. The molecule has 1 aromatic carbocycles. The van der Waals surface area contributed by atoms with Crippen molar-refractivity contribution >= 4 is 51.9 Å². The zero-order valence-corrected chi connectivity index (χ0v) is 19.6. The third-order valence-electron chi connectivity index (χ3n) is 4.93. The quantitative estimate of drug-likeness (QED) is 0.358. The molecule has 2 heterocycles. The van der Waals surface area contributed by atoms with Crippen molar-refractivity contribution in [2.45, 2.75) is 4.90 Å². The van der Waals surface area contributed by atoms with Crippen molar-refractivity contribution < 1.29 is 23.2 Å². The van der Waals surface area contributed by atoms with Crippen molar-refractivity contribution in [3.8, 4) is 0 Å². The van der Waals surface area contributed by atoms with Gasteiger partial charge in [0.25, 0.3) is 5.91 Å². The number of amides is 2. The Morgan fingerprint density at radius 1 is 0.970 bits per heavy atom. The molecule has 1 aromatic heterocycles. The van der Waals surface area contributed by atoms with Gasteiger partial charge >= 0.3 is 0 Å². The minimum atomic E-state index is -3.23. The van der Waals surface area contributed by atoms with E-state index in [0.29, 0.717) is 37.6 Å². The fourth-order valence-electron chi connectivity index (χ4n) is 3.20. The zero-order chi connectivity index (χ0) is 23.1. The number of anilines is 1. The van der Waals surface area contributed by atoms with Crippen LogP contribution in [0.4, 0.5) is 5.69 Å². The Bertz CT molecular complexity index is 1140. The van der Waals surface area contributed by atoms with E-state index in [0.717, 1.165) is 11.8 Å². The average molecular weight is 493 g/mol. The summed E-state index contributed by atoms with van der Waals surface area (Å²) in [4.78, 5) is 32.1. The number of hydroxylamine groups is 1. The Hall–Kier alpha value is -3.21. The van der Waals surface area contributed by atoms with Gasteiger partial charge in [0.05, 0.1) is 16.3 Å². The molecule has 9 nitrogen and oxygen atoms in total. The molecule has 1 aliphatic rings. The van der Waals surface area contributed by atoms with Gasteiger partial charge in [0, 0.05) is 50.3 Å². The first-order chi connectivity index (χ1) is 15.3. The van der Waals surface area contributed by atoms with Gasteiger partial charge in [-0.25, -0.2) is 18.9 Å². The number of rotatable bonds is 6. The van der Waals surface area contributed by atoms with Crippen molar-refractivity contribution in [2.24, 2.45) is 0 Å². The van der Waals surface area contributed by atoms with Crippen LogP contribution in [0.25, 0.3) is 12.2 Å². The van der Waals surface area contributed by atoms with Crippen molar-refractivity contribution in [1.29, 1.82) is 0 Å². The molecule has 2 amide bonds. The molecule has 0 saturated carbocycles. The molecule has 1 saturated heterocycles. The molecule has 2 N–H and O–H groups in total. The lowest BCUT2D eigenvalue weighted by molar-refractivity contribution is -0.126. The van der Waals surface area contributed by atoms with Gasteiger partial charge in [0.2, 0.25) is 5.91 Å². The van der Waals surface area contributed by atoms with E-state index < -0.39 is 15.7 Å². The predicted octanol–water partition coefficient (Wildman–Crippen LogP) is 1.79. The van der Waals surface area contributed by atoms with Crippen molar-refractivity contribution in [3.63, 3.8) is 0 Å². The number of halogens is 1. The lowest BCUT2D eigenvalue weighted by atomic mass is 10.2. The lowest BCUT2D eigenvalue weighted by Gasteiger charge is -2.35. The van der Waals surface area contributed by atoms with Gasteiger partial charge < -0.3 is 9.80 Å². The zero-order valence-electron chi connectivity index (χ0n) is 17.9. The minimum Gasteiger partial charge on any atom is -0.368 e. The van der Waals surface area contributed by atoms with E-state index >= 15 is 0 Å². The minimum absolute atomic E-state index is 0. The Kier molecular flexibility index (Phi) is 9.15. The first-order valence-electron chi connectivity index (χ1n) is 9.87. The third-order valence-corrected chi connectivity index (χ3v) is 6.05. The molecule has 2 aromatic rings. The molecule has 0 atom stereocenters. The molecular formula is C22H25ClN4O5S. The van der Waals surface area contributed by atoms with Crippen molar-refractivity contribution in [3.05, 3.63) is 66.0 Å². The van der Waals surface area contributed by atoms with E-state index in [9.17, 15) is 18.0 Å². The van der Waals surface area contributed by atoms with Crippen LogP contribution in [0.1, 0.15) is 11.4 Å². The molecule has 0 unspecified atom stereocenters. The fraction of sp³-hybridized carbons (Fsp3) is 0.227. The first-order valence-corrected chi connectivity index (χ1v) is 11.8. The number of pyridine rings is 1. The van der Waals surface area contributed by atoms with Crippen LogP contribution in [0.2, 0.25) is 0 Å². The number of aromatic nitrogens is 1. The number of hydrogen-bond acceptors (Lipinski definition) is 7. The van der Waals surface area contributed by atoms with Gasteiger partial charge in [-0.05, 0) is 48.6 Å². The van der Waals surface area contributed by atoms with Crippen LogP contribution in [0.15, 0.2) is 59.5 Å². The second-order valence-corrected chi connectivity index (χ2v) is 9.22. The highest BCUT2D eigenvalue weighted by Gasteiger charge is 2.20.